The molecule has 3 heteroatoms. The Labute approximate surface area is 127 Å². The first-order valence-electron chi connectivity index (χ1n) is 7.65. The zero-order chi connectivity index (χ0) is 15.6. The van der Waals surface area contributed by atoms with Gasteiger partial charge in [0.1, 0.15) is 17.3 Å². The standard InChI is InChI=1S/C18H26O3/c1-12-6-8-14(16(19)10-12)18(2,3)15-11-13(20-4)7-9-17(15)21-5/h7,9,11-12,14H,6,8,10H2,1-5H3. The van der Waals surface area contributed by atoms with Crippen molar-refractivity contribution in [1.29, 1.82) is 0 Å². The number of carbonyl (C=O) groups excluding carboxylic acids is 1. The van der Waals surface area contributed by atoms with Crippen molar-refractivity contribution in [3.8, 4) is 11.5 Å². The van der Waals surface area contributed by atoms with E-state index in [2.05, 4.69) is 20.8 Å². The predicted octanol–water partition coefficient (Wildman–Crippen LogP) is 3.99. The van der Waals surface area contributed by atoms with Gasteiger partial charge in [-0.05, 0) is 37.0 Å². The van der Waals surface area contributed by atoms with Crippen LogP contribution in [0.4, 0.5) is 0 Å². The SMILES string of the molecule is COc1ccc(OC)c(C(C)(C)C2CCC(C)CC2=O)c1. The molecule has 1 aromatic carbocycles. The summed E-state index contributed by atoms with van der Waals surface area (Å²) in [6.45, 7) is 6.44. The van der Waals surface area contributed by atoms with Crippen molar-refractivity contribution in [2.45, 2.75) is 45.4 Å². The first kappa shape index (κ1) is 15.9. The van der Waals surface area contributed by atoms with Gasteiger partial charge in [0.15, 0.2) is 0 Å². The first-order chi connectivity index (χ1) is 9.90. The molecular formula is C18H26O3. The van der Waals surface area contributed by atoms with Crippen molar-refractivity contribution in [2.75, 3.05) is 14.2 Å². The Bertz CT molecular complexity index is 519. The molecule has 1 fully saturated rings. The summed E-state index contributed by atoms with van der Waals surface area (Å²) in [4.78, 5) is 12.5. The number of methoxy groups -OCH3 is 2. The number of hydrogen-bond donors (Lipinski definition) is 0. The minimum absolute atomic E-state index is 0.0507. The Balaban J connectivity index is 2.40. The summed E-state index contributed by atoms with van der Waals surface area (Å²) in [6, 6.07) is 5.82. The van der Waals surface area contributed by atoms with E-state index >= 15 is 0 Å². The van der Waals surface area contributed by atoms with Crippen LogP contribution in [0.5, 0.6) is 11.5 Å². The second-order valence-corrected chi connectivity index (χ2v) is 6.69. The molecule has 0 heterocycles. The molecule has 0 N–H and O–H groups in total. The van der Waals surface area contributed by atoms with Gasteiger partial charge in [0, 0.05) is 23.3 Å². The molecule has 2 atom stereocenters. The molecular weight excluding hydrogens is 264 g/mol. The number of Topliss-reactive ketones (excluding diaryl/α,β-unsaturated/α-hetero) is 1. The minimum Gasteiger partial charge on any atom is -0.497 e. The van der Waals surface area contributed by atoms with Crippen molar-refractivity contribution in [2.24, 2.45) is 11.8 Å². The quantitative estimate of drug-likeness (QED) is 0.841. The van der Waals surface area contributed by atoms with Crippen molar-refractivity contribution in [3.63, 3.8) is 0 Å². The molecule has 0 spiro atoms. The Morgan fingerprint density at radius 3 is 2.43 bits per heavy atom. The van der Waals surface area contributed by atoms with Crippen LogP contribution >= 0.6 is 0 Å². The summed E-state index contributed by atoms with van der Waals surface area (Å²) >= 11 is 0. The van der Waals surface area contributed by atoms with Gasteiger partial charge in [-0.1, -0.05) is 20.8 Å². The molecule has 2 unspecified atom stereocenters. The molecule has 0 aromatic heterocycles. The highest BCUT2D eigenvalue weighted by molar-refractivity contribution is 5.83. The number of benzene rings is 1. The Kier molecular flexibility index (Phi) is 4.60. The highest BCUT2D eigenvalue weighted by Crippen LogP contribution is 2.44. The third-order valence-electron chi connectivity index (χ3n) is 4.86. The lowest BCUT2D eigenvalue weighted by atomic mass is 9.65. The normalized spacial score (nSPS) is 23.0. The second kappa shape index (κ2) is 6.08. The van der Waals surface area contributed by atoms with Gasteiger partial charge in [0.05, 0.1) is 14.2 Å². The van der Waals surface area contributed by atoms with E-state index in [0.717, 1.165) is 29.9 Å². The zero-order valence-corrected chi connectivity index (χ0v) is 13.7. The molecule has 116 valence electrons. The summed E-state index contributed by atoms with van der Waals surface area (Å²) in [7, 11) is 3.33. The molecule has 21 heavy (non-hydrogen) atoms. The summed E-state index contributed by atoms with van der Waals surface area (Å²) in [5.41, 5.74) is 0.800. The maximum atomic E-state index is 12.5. The van der Waals surface area contributed by atoms with Gasteiger partial charge >= 0.3 is 0 Å². The van der Waals surface area contributed by atoms with Crippen LogP contribution in [0.2, 0.25) is 0 Å². The number of rotatable bonds is 4. The van der Waals surface area contributed by atoms with E-state index < -0.39 is 0 Å². The number of ether oxygens (including phenoxy) is 2. The molecule has 3 nitrogen and oxygen atoms in total. The number of carbonyl (C=O) groups is 1. The Morgan fingerprint density at radius 2 is 1.86 bits per heavy atom. The van der Waals surface area contributed by atoms with Crippen molar-refractivity contribution < 1.29 is 14.3 Å². The van der Waals surface area contributed by atoms with Crippen LogP contribution in [0, 0.1) is 11.8 Å². The largest absolute Gasteiger partial charge is 0.497 e. The summed E-state index contributed by atoms with van der Waals surface area (Å²) < 4.78 is 10.9. The fourth-order valence-electron chi connectivity index (χ4n) is 3.47. The lowest BCUT2D eigenvalue weighted by Crippen LogP contribution is -2.38. The van der Waals surface area contributed by atoms with Crippen LogP contribution in [-0.4, -0.2) is 20.0 Å². The topological polar surface area (TPSA) is 35.5 Å². The van der Waals surface area contributed by atoms with Crippen LogP contribution in [-0.2, 0) is 10.2 Å². The molecule has 1 saturated carbocycles. The molecule has 0 aliphatic heterocycles. The van der Waals surface area contributed by atoms with Gasteiger partial charge in [-0.3, -0.25) is 4.79 Å². The number of hydrogen-bond acceptors (Lipinski definition) is 3. The Hall–Kier alpha value is -1.51. The van der Waals surface area contributed by atoms with E-state index in [1.807, 2.05) is 18.2 Å². The molecule has 0 bridgehead atoms. The van der Waals surface area contributed by atoms with Gasteiger partial charge < -0.3 is 9.47 Å². The minimum atomic E-state index is -0.253. The molecule has 0 radical (unpaired) electrons. The molecule has 1 aromatic rings. The average Bonchev–Trinajstić information content (AvgIpc) is 2.46. The molecule has 0 saturated heterocycles. The maximum Gasteiger partial charge on any atom is 0.137 e. The van der Waals surface area contributed by atoms with Gasteiger partial charge in [0.2, 0.25) is 0 Å². The van der Waals surface area contributed by atoms with Crippen LogP contribution in [0.1, 0.15) is 45.6 Å². The monoisotopic (exact) mass is 290 g/mol. The van der Waals surface area contributed by atoms with Gasteiger partial charge in [-0.25, -0.2) is 0 Å². The maximum absolute atomic E-state index is 12.5. The van der Waals surface area contributed by atoms with E-state index in [9.17, 15) is 4.79 Å². The van der Waals surface area contributed by atoms with Crippen LogP contribution in [0.15, 0.2) is 18.2 Å². The predicted molar refractivity (Wildman–Crippen MR) is 84.1 cm³/mol. The van der Waals surface area contributed by atoms with E-state index in [4.69, 9.17) is 9.47 Å². The fourth-order valence-corrected chi connectivity index (χ4v) is 3.47. The van der Waals surface area contributed by atoms with Crippen LogP contribution < -0.4 is 9.47 Å². The average molecular weight is 290 g/mol. The van der Waals surface area contributed by atoms with E-state index in [1.165, 1.54) is 0 Å². The molecule has 1 aliphatic carbocycles. The van der Waals surface area contributed by atoms with E-state index in [0.29, 0.717) is 18.1 Å². The van der Waals surface area contributed by atoms with Crippen LogP contribution in [0.3, 0.4) is 0 Å². The molecule has 1 aliphatic rings. The van der Waals surface area contributed by atoms with Crippen LogP contribution in [0.25, 0.3) is 0 Å². The smallest absolute Gasteiger partial charge is 0.137 e. The lowest BCUT2D eigenvalue weighted by Gasteiger charge is -2.38. The van der Waals surface area contributed by atoms with E-state index in [-0.39, 0.29) is 11.3 Å². The summed E-state index contributed by atoms with van der Waals surface area (Å²) in [5, 5.41) is 0. The third-order valence-corrected chi connectivity index (χ3v) is 4.86. The summed E-state index contributed by atoms with van der Waals surface area (Å²) in [5.74, 6) is 2.57. The molecule has 0 amide bonds. The Morgan fingerprint density at radius 1 is 1.14 bits per heavy atom. The van der Waals surface area contributed by atoms with Gasteiger partial charge in [0.25, 0.3) is 0 Å². The number of ketones is 1. The van der Waals surface area contributed by atoms with Crippen molar-refractivity contribution >= 4 is 5.78 Å². The second-order valence-electron chi connectivity index (χ2n) is 6.69. The van der Waals surface area contributed by atoms with E-state index in [1.54, 1.807) is 14.2 Å². The fraction of sp³-hybridized carbons (Fsp3) is 0.611. The van der Waals surface area contributed by atoms with Gasteiger partial charge in [-0.2, -0.15) is 0 Å². The zero-order valence-electron chi connectivity index (χ0n) is 13.7. The first-order valence-corrected chi connectivity index (χ1v) is 7.65. The van der Waals surface area contributed by atoms with Crippen molar-refractivity contribution in [1.82, 2.24) is 0 Å². The highest BCUT2D eigenvalue weighted by atomic mass is 16.5. The van der Waals surface area contributed by atoms with Gasteiger partial charge in [-0.15, -0.1) is 0 Å². The lowest BCUT2D eigenvalue weighted by molar-refractivity contribution is -0.128. The molecule has 2 rings (SSSR count). The third kappa shape index (κ3) is 3.07. The van der Waals surface area contributed by atoms with Crippen molar-refractivity contribution in [3.05, 3.63) is 23.8 Å². The highest BCUT2D eigenvalue weighted by Gasteiger charge is 2.40. The summed E-state index contributed by atoms with van der Waals surface area (Å²) in [6.07, 6.45) is 2.76.